The Morgan fingerprint density at radius 2 is 1.61 bits per heavy atom. The lowest BCUT2D eigenvalue weighted by Crippen LogP contribution is -2.64. The summed E-state index contributed by atoms with van der Waals surface area (Å²) in [6, 6.07) is 10.1. The third kappa shape index (κ3) is 5.64. The molecule has 0 unspecified atom stereocenters. The predicted octanol–water partition coefficient (Wildman–Crippen LogP) is 4.78. The molecule has 5 aliphatic rings. The molecule has 3 aliphatic heterocycles. The average molecular weight is 596 g/mol. The van der Waals surface area contributed by atoms with Crippen LogP contribution in [0.2, 0.25) is 0 Å². The van der Waals surface area contributed by atoms with Gasteiger partial charge in [0.25, 0.3) is 5.91 Å². The van der Waals surface area contributed by atoms with Crippen molar-refractivity contribution in [2.45, 2.75) is 58.9 Å². The van der Waals surface area contributed by atoms with Gasteiger partial charge in [-0.25, -0.2) is 0 Å². The first-order valence-electron chi connectivity index (χ1n) is 16.5. The number of allylic oxidation sites excluding steroid dienone is 4. The molecule has 44 heavy (non-hydrogen) atoms. The maximum Gasteiger partial charge on any atom is 0.257 e. The highest BCUT2D eigenvalue weighted by Crippen LogP contribution is 2.55. The number of likely N-dealkylation sites (tertiary alicyclic amines) is 3. The Kier molecular flexibility index (Phi) is 7.50. The number of hydrogen-bond acceptors (Lipinski definition) is 4. The van der Waals surface area contributed by atoms with Crippen LogP contribution in [0.4, 0.5) is 0 Å². The first kappa shape index (κ1) is 29.1. The first-order valence-corrected chi connectivity index (χ1v) is 16.5. The van der Waals surface area contributed by atoms with E-state index in [0.29, 0.717) is 44.2 Å². The zero-order valence-corrected chi connectivity index (χ0v) is 26.2. The summed E-state index contributed by atoms with van der Waals surface area (Å²) in [5, 5.41) is 4.46. The molecule has 2 atom stereocenters. The molecule has 0 bridgehead atoms. The number of piperidine rings is 1. The Balaban J connectivity index is 1.03. The number of carbonyl (C=O) groups excluding carboxylic acids is 3. The molecule has 0 N–H and O–H groups in total. The molecule has 2 aliphatic carbocycles. The minimum atomic E-state index is -0.379. The van der Waals surface area contributed by atoms with Gasteiger partial charge in [-0.2, -0.15) is 5.10 Å². The Labute approximate surface area is 260 Å². The van der Waals surface area contributed by atoms with E-state index in [4.69, 9.17) is 0 Å². The van der Waals surface area contributed by atoms with Gasteiger partial charge in [0.2, 0.25) is 11.8 Å². The van der Waals surface area contributed by atoms with Crippen molar-refractivity contribution in [3.8, 4) is 0 Å². The van der Waals surface area contributed by atoms with Gasteiger partial charge in [0, 0.05) is 56.8 Å². The molecule has 8 nitrogen and oxygen atoms in total. The fraction of sp³-hybridized carbons (Fsp3) is 0.556. The van der Waals surface area contributed by atoms with Crippen molar-refractivity contribution in [3.63, 3.8) is 0 Å². The van der Waals surface area contributed by atoms with Gasteiger partial charge in [-0.05, 0) is 55.4 Å². The summed E-state index contributed by atoms with van der Waals surface area (Å²) >= 11 is 0. The largest absolute Gasteiger partial charge is 0.342 e. The van der Waals surface area contributed by atoms with Gasteiger partial charge in [0.1, 0.15) is 0 Å². The van der Waals surface area contributed by atoms with E-state index in [1.165, 1.54) is 5.57 Å². The van der Waals surface area contributed by atoms with Gasteiger partial charge in [0.05, 0.1) is 24.2 Å². The van der Waals surface area contributed by atoms with E-state index in [9.17, 15) is 14.4 Å². The van der Waals surface area contributed by atoms with E-state index in [1.807, 2.05) is 51.2 Å². The van der Waals surface area contributed by atoms with Crippen LogP contribution < -0.4 is 0 Å². The van der Waals surface area contributed by atoms with Crippen molar-refractivity contribution in [2.24, 2.45) is 28.6 Å². The van der Waals surface area contributed by atoms with Gasteiger partial charge in [-0.3, -0.25) is 19.1 Å². The molecule has 4 fully saturated rings. The molecule has 1 spiro atoms. The van der Waals surface area contributed by atoms with Crippen LogP contribution in [0.25, 0.3) is 0 Å². The number of benzene rings is 1. The Hall–Kier alpha value is -3.68. The number of nitrogens with zero attached hydrogens (tertiary/aromatic N) is 5. The maximum absolute atomic E-state index is 14.2. The van der Waals surface area contributed by atoms with Crippen LogP contribution in [-0.4, -0.2) is 81.5 Å². The lowest BCUT2D eigenvalue weighted by Gasteiger charge is -2.51. The van der Waals surface area contributed by atoms with Crippen molar-refractivity contribution in [3.05, 3.63) is 77.7 Å². The standard InChI is InChI=1S/C36H45N5O3/c1-35(2)18-30(35)33(43)40-24-36(25-40)23-39(32(42)29-19-37-41(21-29)20-28-11-7-4-8-12-28)22-31(36)34(44)38-15-13-27(14-16-38)17-26-9-5-3-6-10-26/h4-5,7-12,19,21,27,30-31H,3,6,13-18,20,22-25H2,1-2H3/t30-,31+/m1/s1. The van der Waals surface area contributed by atoms with Crippen molar-refractivity contribution in [1.29, 1.82) is 0 Å². The quantitative estimate of drug-likeness (QED) is 0.462. The number of carbonyl (C=O) groups is 3. The number of amides is 3. The minimum Gasteiger partial charge on any atom is -0.342 e. The fourth-order valence-corrected chi connectivity index (χ4v) is 8.01. The predicted molar refractivity (Wildman–Crippen MR) is 168 cm³/mol. The molecule has 3 amide bonds. The van der Waals surface area contributed by atoms with Crippen LogP contribution in [-0.2, 0) is 16.1 Å². The summed E-state index contributed by atoms with van der Waals surface area (Å²) in [7, 11) is 0. The molecule has 1 aromatic carbocycles. The second kappa shape index (κ2) is 11.4. The number of rotatable bonds is 7. The van der Waals surface area contributed by atoms with Crippen LogP contribution in [0.15, 0.2) is 66.5 Å². The molecule has 0 radical (unpaired) electrons. The highest BCUT2D eigenvalue weighted by Gasteiger charge is 2.62. The third-order valence-electron chi connectivity index (χ3n) is 11.0. The van der Waals surface area contributed by atoms with Crippen LogP contribution >= 0.6 is 0 Å². The second-order valence-electron chi connectivity index (χ2n) is 14.7. The van der Waals surface area contributed by atoms with Gasteiger partial charge in [-0.15, -0.1) is 0 Å². The summed E-state index contributed by atoms with van der Waals surface area (Å²) in [6.45, 7) is 8.45. The molecule has 232 valence electrons. The van der Waals surface area contributed by atoms with Gasteiger partial charge in [0.15, 0.2) is 0 Å². The van der Waals surface area contributed by atoms with Gasteiger partial charge < -0.3 is 14.7 Å². The van der Waals surface area contributed by atoms with Crippen molar-refractivity contribution in [1.82, 2.24) is 24.5 Å². The number of aromatic nitrogens is 2. The molecule has 1 aromatic heterocycles. The van der Waals surface area contributed by atoms with Gasteiger partial charge in [-0.1, -0.05) is 68.0 Å². The van der Waals surface area contributed by atoms with Gasteiger partial charge >= 0.3 is 0 Å². The summed E-state index contributed by atoms with van der Waals surface area (Å²) in [5.74, 6) is 0.689. The van der Waals surface area contributed by atoms with Crippen molar-refractivity contribution in [2.75, 3.05) is 39.3 Å². The highest BCUT2D eigenvalue weighted by atomic mass is 16.2. The van der Waals surface area contributed by atoms with E-state index in [0.717, 1.165) is 57.2 Å². The topological polar surface area (TPSA) is 78.8 Å². The van der Waals surface area contributed by atoms with Crippen molar-refractivity contribution < 1.29 is 14.4 Å². The van der Waals surface area contributed by atoms with E-state index in [1.54, 1.807) is 10.9 Å². The molecule has 2 aromatic rings. The SMILES string of the molecule is CC1(C)C[C@@H]1C(=O)N1CC2(CN(C(=O)c3cnn(Cc4ccccc4)c3)C[C@H]2C(=O)N2CCC(CC3=CCCC=C3)CC2)C1. The maximum atomic E-state index is 14.2. The lowest BCUT2D eigenvalue weighted by molar-refractivity contribution is -0.155. The zero-order chi connectivity index (χ0) is 30.5. The van der Waals surface area contributed by atoms with Crippen LogP contribution in [0.5, 0.6) is 0 Å². The molecule has 8 heteroatoms. The normalized spacial score (nSPS) is 25.6. The van der Waals surface area contributed by atoms with E-state index in [2.05, 4.69) is 37.2 Å². The monoisotopic (exact) mass is 595 g/mol. The zero-order valence-electron chi connectivity index (χ0n) is 26.2. The third-order valence-corrected chi connectivity index (χ3v) is 11.0. The minimum absolute atomic E-state index is 0.0699. The van der Waals surface area contributed by atoms with Crippen molar-refractivity contribution >= 4 is 17.7 Å². The smallest absolute Gasteiger partial charge is 0.257 e. The Bertz CT molecular complexity index is 1480. The summed E-state index contributed by atoms with van der Waals surface area (Å²) in [5.41, 5.74) is 2.79. The molecular formula is C36H45N5O3. The van der Waals surface area contributed by atoms with Crippen LogP contribution in [0.1, 0.15) is 68.3 Å². The molecular weight excluding hydrogens is 550 g/mol. The summed E-state index contributed by atoms with van der Waals surface area (Å²) in [4.78, 5) is 47.1. The van der Waals surface area contributed by atoms with E-state index >= 15 is 0 Å². The Morgan fingerprint density at radius 3 is 2.30 bits per heavy atom. The summed E-state index contributed by atoms with van der Waals surface area (Å²) < 4.78 is 1.79. The average Bonchev–Trinajstić information content (AvgIpc) is 3.32. The Morgan fingerprint density at radius 1 is 0.909 bits per heavy atom. The first-order chi connectivity index (χ1) is 21.2. The second-order valence-corrected chi connectivity index (χ2v) is 14.7. The number of hydrogen-bond donors (Lipinski definition) is 0. The molecule has 7 rings (SSSR count). The lowest BCUT2D eigenvalue weighted by atomic mass is 9.70. The van der Waals surface area contributed by atoms with E-state index in [-0.39, 0.29) is 40.4 Å². The highest BCUT2D eigenvalue weighted by molar-refractivity contribution is 5.95. The molecule has 3 saturated heterocycles. The molecule has 4 heterocycles. The summed E-state index contributed by atoms with van der Waals surface area (Å²) in [6.07, 6.45) is 16.7. The van der Waals surface area contributed by atoms with Crippen LogP contribution in [0.3, 0.4) is 0 Å². The van der Waals surface area contributed by atoms with E-state index < -0.39 is 0 Å². The fourth-order valence-electron chi connectivity index (χ4n) is 8.01. The van der Waals surface area contributed by atoms with Crippen LogP contribution in [0, 0.1) is 28.6 Å². The molecule has 1 saturated carbocycles.